The molecule has 3 aromatic rings. The number of benzene rings is 1. The summed E-state index contributed by atoms with van der Waals surface area (Å²) in [6.07, 6.45) is 1.74. The van der Waals surface area contributed by atoms with Gasteiger partial charge in [-0.3, -0.25) is 14.2 Å². The lowest BCUT2D eigenvalue weighted by Gasteiger charge is -2.15. The third-order valence-electron chi connectivity index (χ3n) is 5.38. The Morgan fingerprint density at radius 3 is 2.76 bits per heavy atom. The number of nitrogens with zero attached hydrogens (tertiary/aromatic N) is 2. The summed E-state index contributed by atoms with van der Waals surface area (Å²) >= 11 is 5.75. The number of rotatable bonds is 8. The average molecular weight is 551 g/mol. The van der Waals surface area contributed by atoms with Gasteiger partial charge in [0.25, 0.3) is 5.56 Å². The molecule has 0 bridgehead atoms. The summed E-state index contributed by atoms with van der Waals surface area (Å²) < 4.78 is 13.4. The largest absolute Gasteiger partial charge is 0.462 e. The van der Waals surface area contributed by atoms with Crippen molar-refractivity contribution < 1.29 is 19.1 Å². The Morgan fingerprint density at radius 1 is 1.33 bits per heavy atom. The molecule has 3 heterocycles. The fraction of sp³-hybridized carbons (Fsp3) is 0.391. The average Bonchev–Trinajstić information content (AvgIpc) is 3.42. The number of carbonyl (C=O) groups excluding carboxylic acids is 2. The molecule has 0 amide bonds. The van der Waals surface area contributed by atoms with E-state index in [1.165, 1.54) is 11.8 Å². The number of aromatic nitrogens is 2. The third-order valence-corrected chi connectivity index (χ3v) is 8.06. The molecule has 4 rings (SSSR count). The SMILES string of the molecule is CCOC(=O)c1sc2nc(SCC(=O)c3ccc(Br)cc3)n(CC3CCCO3)c(=O)c2c1C. The van der Waals surface area contributed by atoms with Gasteiger partial charge in [0.2, 0.25) is 0 Å². The minimum absolute atomic E-state index is 0.0555. The monoisotopic (exact) mass is 550 g/mol. The molecule has 1 unspecified atom stereocenters. The molecule has 1 aliphatic heterocycles. The highest BCUT2D eigenvalue weighted by atomic mass is 79.9. The standard InChI is InChI=1S/C23H23BrN2O5S2/c1-3-30-22(29)19-13(2)18-20(33-19)25-23(26(21(18)28)11-16-5-4-10-31-16)32-12-17(27)14-6-8-15(24)9-7-14/h6-9,16H,3-5,10-12H2,1-2H3. The summed E-state index contributed by atoms with van der Waals surface area (Å²) in [6.45, 7) is 4.77. The van der Waals surface area contributed by atoms with Crippen LogP contribution in [0, 0.1) is 6.92 Å². The number of aryl methyl sites for hydroxylation is 1. The molecule has 0 aliphatic carbocycles. The Morgan fingerprint density at radius 2 is 2.09 bits per heavy atom. The number of ketones is 1. The fourth-order valence-corrected chi connectivity index (χ4v) is 5.99. The van der Waals surface area contributed by atoms with Gasteiger partial charge < -0.3 is 9.47 Å². The molecule has 1 saturated heterocycles. The second-order valence-electron chi connectivity index (χ2n) is 7.62. The molecule has 0 saturated carbocycles. The van der Waals surface area contributed by atoms with E-state index in [0.29, 0.717) is 44.5 Å². The van der Waals surface area contributed by atoms with Crippen LogP contribution < -0.4 is 5.56 Å². The van der Waals surface area contributed by atoms with Crippen LogP contribution >= 0.6 is 39.0 Å². The second kappa shape index (κ2) is 10.5. The molecule has 174 valence electrons. The summed E-state index contributed by atoms with van der Waals surface area (Å²) in [5.74, 6) is -0.372. The van der Waals surface area contributed by atoms with E-state index in [-0.39, 0.29) is 29.8 Å². The summed E-state index contributed by atoms with van der Waals surface area (Å²) in [4.78, 5) is 44.2. The molecule has 0 radical (unpaired) electrons. The topological polar surface area (TPSA) is 87.5 Å². The second-order valence-corrected chi connectivity index (χ2v) is 10.5. The highest BCUT2D eigenvalue weighted by molar-refractivity contribution is 9.10. The smallest absolute Gasteiger partial charge is 0.348 e. The summed E-state index contributed by atoms with van der Waals surface area (Å²) in [5.41, 5.74) is 0.948. The normalized spacial score (nSPS) is 15.8. The van der Waals surface area contributed by atoms with Crippen LogP contribution in [0.4, 0.5) is 0 Å². The number of esters is 1. The molecule has 1 fully saturated rings. The van der Waals surface area contributed by atoms with Gasteiger partial charge >= 0.3 is 5.97 Å². The van der Waals surface area contributed by atoms with Gasteiger partial charge in [0, 0.05) is 16.6 Å². The van der Waals surface area contributed by atoms with Crippen molar-refractivity contribution in [1.82, 2.24) is 9.55 Å². The Kier molecular flexibility index (Phi) is 7.68. The lowest BCUT2D eigenvalue weighted by atomic mass is 10.2. The first-order valence-electron chi connectivity index (χ1n) is 10.6. The van der Waals surface area contributed by atoms with E-state index in [1.807, 2.05) is 12.1 Å². The molecule has 0 spiro atoms. The van der Waals surface area contributed by atoms with E-state index in [1.54, 1.807) is 30.5 Å². The van der Waals surface area contributed by atoms with Crippen molar-refractivity contribution in [2.75, 3.05) is 19.0 Å². The molecule has 33 heavy (non-hydrogen) atoms. The quantitative estimate of drug-likeness (QED) is 0.171. The first kappa shape index (κ1) is 24.1. The van der Waals surface area contributed by atoms with Gasteiger partial charge in [0.05, 0.1) is 30.4 Å². The van der Waals surface area contributed by atoms with E-state index in [4.69, 9.17) is 14.5 Å². The number of hydrogen-bond donors (Lipinski definition) is 0. The molecule has 10 heteroatoms. The van der Waals surface area contributed by atoms with E-state index in [9.17, 15) is 14.4 Å². The number of thiophene rings is 1. The first-order chi connectivity index (χ1) is 15.9. The number of Topliss-reactive ketones (excluding diaryl/α,β-unsaturated/α-hetero) is 1. The third kappa shape index (κ3) is 5.24. The van der Waals surface area contributed by atoms with Crippen molar-refractivity contribution in [3.63, 3.8) is 0 Å². The van der Waals surface area contributed by atoms with Crippen LogP contribution in [0.5, 0.6) is 0 Å². The van der Waals surface area contributed by atoms with Gasteiger partial charge in [0.1, 0.15) is 9.71 Å². The highest BCUT2D eigenvalue weighted by Crippen LogP contribution is 2.30. The predicted octanol–water partition coefficient (Wildman–Crippen LogP) is 4.86. The lowest BCUT2D eigenvalue weighted by Crippen LogP contribution is -2.29. The summed E-state index contributed by atoms with van der Waals surface area (Å²) in [5, 5.41) is 0.870. The van der Waals surface area contributed by atoms with Crippen LogP contribution in [0.1, 0.15) is 45.4 Å². The van der Waals surface area contributed by atoms with Crippen LogP contribution in [0.2, 0.25) is 0 Å². The minimum Gasteiger partial charge on any atom is -0.462 e. The van der Waals surface area contributed by atoms with Crippen molar-refractivity contribution in [1.29, 1.82) is 0 Å². The number of thioether (sulfide) groups is 1. The molecular formula is C23H23BrN2O5S2. The Hall–Kier alpha value is -2.01. The van der Waals surface area contributed by atoms with Gasteiger partial charge in [-0.2, -0.15) is 0 Å². The van der Waals surface area contributed by atoms with Gasteiger partial charge in [0.15, 0.2) is 10.9 Å². The van der Waals surface area contributed by atoms with Crippen LogP contribution in [-0.2, 0) is 16.0 Å². The number of ether oxygens (including phenoxy) is 2. The fourth-order valence-electron chi connectivity index (χ4n) is 3.70. The zero-order chi connectivity index (χ0) is 23.5. The zero-order valence-corrected chi connectivity index (χ0v) is 21.5. The molecule has 1 aromatic carbocycles. The number of carbonyl (C=O) groups is 2. The Labute approximate surface area is 207 Å². The maximum absolute atomic E-state index is 13.5. The minimum atomic E-state index is -0.456. The van der Waals surface area contributed by atoms with Crippen molar-refractivity contribution >= 4 is 61.0 Å². The van der Waals surface area contributed by atoms with Gasteiger partial charge in [-0.15, -0.1) is 11.3 Å². The zero-order valence-electron chi connectivity index (χ0n) is 18.3. The van der Waals surface area contributed by atoms with E-state index in [0.717, 1.165) is 28.7 Å². The number of halogens is 1. The van der Waals surface area contributed by atoms with Gasteiger partial charge in [-0.1, -0.05) is 39.8 Å². The van der Waals surface area contributed by atoms with Crippen molar-refractivity contribution in [2.45, 2.75) is 44.5 Å². The van der Waals surface area contributed by atoms with E-state index < -0.39 is 5.97 Å². The highest BCUT2D eigenvalue weighted by Gasteiger charge is 2.25. The van der Waals surface area contributed by atoms with Crippen LogP contribution in [-0.4, -0.2) is 46.4 Å². The van der Waals surface area contributed by atoms with Crippen LogP contribution in [0.15, 0.2) is 38.7 Å². The number of fused-ring (bicyclic) bond motifs is 1. The molecule has 7 nitrogen and oxygen atoms in total. The van der Waals surface area contributed by atoms with E-state index in [2.05, 4.69) is 15.9 Å². The maximum atomic E-state index is 13.5. The van der Waals surface area contributed by atoms with Gasteiger partial charge in [-0.25, -0.2) is 9.78 Å². The maximum Gasteiger partial charge on any atom is 0.348 e. The summed E-state index contributed by atoms with van der Waals surface area (Å²) in [6, 6.07) is 7.16. The molecule has 1 atom stereocenters. The van der Waals surface area contributed by atoms with Crippen LogP contribution in [0.25, 0.3) is 10.2 Å². The van der Waals surface area contributed by atoms with Crippen LogP contribution in [0.3, 0.4) is 0 Å². The molecular weight excluding hydrogens is 528 g/mol. The molecule has 0 N–H and O–H groups in total. The number of hydrogen-bond acceptors (Lipinski definition) is 8. The van der Waals surface area contributed by atoms with Crippen molar-refractivity contribution in [3.05, 3.63) is 55.1 Å². The predicted molar refractivity (Wildman–Crippen MR) is 133 cm³/mol. The lowest BCUT2D eigenvalue weighted by molar-refractivity contribution is 0.0531. The molecule has 1 aliphatic rings. The van der Waals surface area contributed by atoms with Crippen molar-refractivity contribution in [3.8, 4) is 0 Å². The first-order valence-corrected chi connectivity index (χ1v) is 13.2. The molecule has 2 aromatic heterocycles. The Bertz CT molecular complexity index is 1250. The Balaban J connectivity index is 1.70. The summed E-state index contributed by atoms with van der Waals surface area (Å²) in [7, 11) is 0. The van der Waals surface area contributed by atoms with Crippen molar-refractivity contribution in [2.24, 2.45) is 0 Å². The van der Waals surface area contributed by atoms with E-state index >= 15 is 0 Å². The van der Waals surface area contributed by atoms with Gasteiger partial charge in [-0.05, 0) is 44.4 Å².